The first-order valence-electron chi connectivity index (χ1n) is 4.77. The number of hydrogen-bond acceptors (Lipinski definition) is 4. The van der Waals surface area contributed by atoms with E-state index in [9.17, 15) is 22.8 Å². The quantitative estimate of drug-likeness (QED) is 0.760. The third-order valence-electron chi connectivity index (χ3n) is 2.03. The van der Waals surface area contributed by atoms with Crippen LogP contribution in [0.5, 0.6) is 0 Å². The van der Waals surface area contributed by atoms with E-state index in [1.54, 1.807) is 5.32 Å². The highest BCUT2D eigenvalue weighted by atomic mass is 19.4. The Morgan fingerprint density at radius 2 is 2.22 bits per heavy atom. The van der Waals surface area contributed by atoms with Gasteiger partial charge in [0.05, 0.1) is 13.4 Å². The van der Waals surface area contributed by atoms with Crippen molar-refractivity contribution >= 4 is 11.9 Å². The summed E-state index contributed by atoms with van der Waals surface area (Å²) in [6.45, 7) is 0. The molecule has 0 saturated heterocycles. The first-order chi connectivity index (χ1) is 8.34. The SMILES string of the molecule is COC(=O)C(Cc1cnc[nH]1)NC(=O)C(F)(F)F. The molecule has 2 N–H and O–H groups in total. The maximum absolute atomic E-state index is 12.1. The van der Waals surface area contributed by atoms with Crippen LogP contribution in [0.3, 0.4) is 0 Å². The van der Waals surface area contributed by atoms with Gasteiger partial charge in [0.15, 0.2) is 0 Å². The molecule has 0 aliphatic rings. The fourth-order valence-corrected chi connectivity index (χ4v) is 1.19. The minimum atomic E-state index is -5.06. The molecule has 9 heteroatoms. The van der Waals surface area contributed by atoms with Gasteiger partial charge < -0.3 is 15.0 Å². The second kappa shape index (κ2) is 5.52. The van der Waals surface area contributed by atoms with Gasteiger partial charge in [-0.05, 0) is 0 Å². The average Bonchev–Trinajstić information content (AvgIpc) is 2.78. The van der Waals surface area contributed by atoms with Crippen molar-refractivity contribution in [3.05, 3.63) is 18.2 Å². The summed E-state index contributed by atoms with van der Waals surface area (Å²) >= 11 is 0. The van der Waals surface area contributed by atoms with E-state index in [4.69, 9.17) is 0 Å². The molecular weight excluding hydrogens is 255 g/mol. The van der Waals surface area contributed by atoms with Gasteiger partial charge in [-0.3, -0.25) is 4.79 Å². The number of halogens is 3. The zero-order valence-corrected chi connectivity index (χ0v) is 9.25. The summed E-state index contributed by atoms with van der Waals surface area (Å²) in [7, 11) is 1.02. The van der Waals surface area contributed by atoms with Gasteiger partial charge in [-0.2, -0.15) is 13.2 Å². The van der Waals surface area contributed by atoms with Crippen molar-refractivity contribution in [2.75, 3.05) is 7.11 Å². The number of esters is 1. The van der Waals surface area contributed by atoms with Crippen molar-refractivity contribution in [1.29, 1.82) is 0 Å². The average molecular weight is 265 g/mol. The van der Waals surface area contributed by atoms with Gasteiger partial charge in [-0.25, -0.2) is 9.78 Å². The monoisotopic (exact) mass is 265 g/mol. The highest BCUT2D eigenvalue weighted by molar-refractivity contribution is 5.87. The van der Waals surface area contributed by atoms with Crippen LogP contribution in [-0.4, -0.2) is 41.2 Å². The Balaban J connectivity index is 2.74. The molecule has 1 aromatic heterocycles. The molecule has 1 atom stereocenters. The summed E-state index contributed by atoms with van der Waals surface area (Å²) in [5.74, 6) is -3.17. The predicted octanol–water partition coefficient (Wildman–Crippen LogP) is 0.172. The number of amides is 1. The normalized spacial score (nSPS) is 12.9. The number of carbonyl (C=O) groups excluding carboxylic acids is 2. The van der Waals surface area contributed by atoms with E-state index in [1.807, 2.05) is 0 Å². The van der Waals surface area contributed by atoms with Crippen LogP contribution in [0.1, 0.15) is 5.69 Å². The minimum absolute atomic E-state index is 0.172. The lowest BCUT2D eigenvalue weighted by atomic mass is 10.1. The Bertz CT molecular complexity index is 416. The molecule has 0 spiro atoms. The zero-order valence-electron chi connectivity index (χ0n) is 9.25. The van der Waals surface area contributed by atoms with E-state index in [0.717, 1.165) is 7.11 Å². The number of nitrogens with one attached hydrogen (secondary N) is 2. The lowest BCUT2D eigenvalue weighted by Crippen LogP contribution is -2.48. The Morgan fingerprint density at radius 1 is 1.56 bits per heavy atom. The number of ether oxygens (including phenoxy) is 1. The maximum Gasteiger partial charge on any atom is 0.471 e. The van der Waals surface area contributed by atoms with Crippen molar-refractivity contribution in [3.63, 3.8) is 0 Å². The highest BCUT2D eigenvalue weighted by Gasteiger charge is 2.41. The summed E-state index contributed by atoms with van der Waals surface area (Å²) in [5.41, 5.74) is 0.396. The molecular formula is C9H10F3N3O3. The molecule has 6 nitrogen and oxygen atoms in total. The number of rotatable bonds is 4. The van der Waals surface area contributed by atoms with Gasteiger partial charge in [0.1, 0.15) is 6.04 Å². The number of nitrogens with zero attached hydrogens (tertiary/aromatic N) is 1. The van der Waals surface area contributed by atoms with Crippen molar-refractivity contribution in [1.82, 2.24) is 15.3 Å². The molecule has 1 heterocycles. The number of carbonyl (C=O) groups is 2. The summed E-state index contributed by atoms with van der Waals surface area (Å²) in [4.78, 5) is 28.3. The van der Waals surface area contributed by atoms with Gasteiger partial charge in [-0.1, -0.05) is 0 Å². The molecule has 0 fully saturated rings. The van der Waals surface area contributed by atoms with Crippen molar-refractivity contribution in [2.45, 2.75) is 18.6 Å². The van der Waals surface area contributed by atoms with Gasteiger partial charge in [0.25, 0.3) is 0 Å². The predicted molar refractivity (Wildman–Crippen MR) is 52.3 cm³/mol. The van der Waals surface area contributed by atoms with Crippen LogP contribution < -0.4 is 5.32 Å². The van der Waals surface area contributed by atoms with Crippen LogP contribution in [0.25, 0.3) is 0 Å². The number of alkyl halides is 3. The lowest BCUT2D eigenvalue weighted by molar-refractivity contribution is -0.175. The standard InChI is InChI=1S/C9H10F3N3O3/c1-18-7(16)6(2-5-3-13-4-14-5)15-8(17)9(10,11)12/h3-4,6H,2H2,1H3,(H,13,14)(H,15,17). The van der Waals surface area contributed by atoms with Gasteiger partial charge in [-0.15, -0.1) is 0 Å². The summed E-state index contributed by atoms with van der Waals surface area (Å²) in [6.07, 6.45) is -2.60. The van der Waals surface area contributed by atoms with Gasteiger partial charge in [0.2, 0.25) is 0 Å². The Labute approximate surface area is 99.5 Å². The van der Waals surface area contributed by atoms with E-state index < -0.39 is 24.1 Å². The fraction of sp³-hybridized carbons (Fsp3) is 0.444. The van der Waals surface area contributed by atoms with Crippen LogP contribution >= 0.6 is 0 Å². The van der Waals surface area contributed by atoms with Crippen LogP contribution in [0.4, 0.5) is 13.2 Å². The smallest absolute Gasteiger partial charge is 0.467 e. The molecule has 0 bridgehead atoms. The Hall–Kier alpha value is -2.06. The van der Waals surface area contributed by atoms with Gasteiger partial charge >= 0.3 is 18.1 Å². The number of methoxy groups -OCH3 is 1. The fourth-order valence-electron chi connectivity index (χ4n) is 1.19. The number of aromatic nitrogens is 2. The number of hydrogen-bond donors (Lipinski definition) is 2. The molecule has 0 radical (unpaired) electrons. The maximum atomic E-state index is 12.1. The molecule has 18 heavy (non-hydrogen) atoms. The second-order valence-electron chi connectivity index (χ2n) is 3.33. The molecule has 1 aromatic rings. The van der Waals surface area contributed by atoms with Crippen molar-refractivity contribution in [2.24, 2.45) is 0 Å². The minimum Gasteiger partial charge on any atom is -0.467 e. The first-order valence-corrected chi connectivity index (χ1v) is 4.77. The van der Waals surface area contributed by atoms with E-state index in [1.165, 1.54) is 12.5 Å². The van der Waals surface area contributed by atoms with Crippen LogP contribution in [0.2, 0.25) is 0 Å². The molecule has 0 saturated carbocycles. The Kier molecular flexibility index (Phi) is 4.29. The molecule has 0 aliphatic carbocycles. The van der Waals surface area contributed by atoms with Crippen LogP contribution in [0.15, 0.2) is 12.5 Å². The molecule has 100 valence electrons. The molecule has 0 aliphatic heterocycles. The topological polar surface area (TPSA) is 84.1 Å². The summed E-state index contributed by atoms with van der Waals surface area (Å²) in [5, 5.41) is 1.56. The number of H-pyrrole nitrogens is 1. The molecule has 1 rings (SSSR count). The molecule has 1 unspecified atom stereocenters. The third kappa shape index (κ3) is 3.75. The largest absolute Gasteiger partial charge is 0.471 e. The van der Waals surface area contributed by atoms with Crippen LogP contribution in [-0.2, 0) is 20.7 Å². The second-order valence-corrected chi connectivity index (χ2v) is 3.33. The van der Waals surface area contributed by atoms with E-state index in [-0.39, 0.29) is 6.42 Å². The highest BCUT2D eigenvalue weighted by Crippen LogP contribution is 2.15. The van der Waals surface area contributed by atoms with Crippen molar-refractivity contribution < 1.29 is 27.5 Å². The molecule has 0 aromatic carbocycles. The summed E-state index contributed by atoms with van der Waals surface area (Å²) in [6, 6.07) is -1.43. The lowest BCUT2D eigenvalue weighted by Gasteiger charge is -2.16. The van der Waals surface area contributed by atoms with Crippen molar-refractivity contribution in [3.8, 4) is 0 Å². The first kappa shape index (κ1) is 14.0. The van der Waals surface area contributed by atoms with Crippen LogP contribution in [0, 0.1) is 0 Å². The van der Waals surface area contributed by atoms with E-state index in [2.05, 4.69) is 14.7 Å². The number of aromatic amines is 1. The van der Waals surface area contributed by atoms with E-state index in [0.29, 0.717) is 5.69 Å². The molecule has 1 amide bonds. The number of imidazole rings is 1. The zero-order chi connectivity index (χ0) is 13.8. The van der Waals surface area contributed by atoms with E-state index >= 15 is 0 Å². The van der Waals surface area contributed by atoms with Gasteiger partial charge in [0, 0.05) is 18.3 Å². The summed E-state index contributed by atoms with van der Waals surface area (Å²) < 4.78 is 40.5. The Morgan fingerprint density at radius 3 is 2.67 bits per heavy atom. The third-order valence-corrected chi connectivity index (χ3v) is 2.03.